The van der Waals surface area contributed by atoms with Crippen molar-refractivity contribution in [3.05, 3.63) is 88.7 Å². The maximum Gasteiger partial charge on any atom is 0.270 e. The number of benzene rings is 2. The minimum absolute atomic E-state index is 0.00272. The van der Waals surface area contributed by atoms with E-state index in [1.807, 2.05) is 59.1 Å². The lowest BCUT2D eigenvalue weighted by Crippen LogP contribution is -2.41. The van der Waals surface area contributed by atoms with E-state index in [-0.39, 0.29) is 11.6 Å². The molecule has 1 saturated heterocycles. The first-order valence-electron chi connectivity index (χ1n) is 12.5. The van der Waals surface area contributed by atoms with Crippen LogP contribution in [0.2, 0.25) is 0 Å². The normalized spacial score (nSPS) is 14.1. The zero-order chi connectivity index (χ0) is 25.6. The molecule has 0 unspecified atom stereocenters. The van der Waals surface area contributed by atoms with Gasteiger partial charge >= 0.3 is 0 Å². The largest absolute Gasteiger partial charge is 0.379 e. The third kappa shape index (κ3) is 5.84. The van der Waals surface area contributed by atoms with Crippen LogP contribution >= 0.6 is 0 Å². The maximum atomic E-state index is 12.7. The van der Waals surface area contributed by atoms with Crippen LogP contribution in [0.1, 0.15) is 12.1 Å². The second-order valence-corrected chi connectivity index (χ2v) is 9.03. The number of hydrogen-bond acceptors (Lipinski definition) is 6. The average Bonchev–Trinajstić information content (AvgIpc) is 3.31. The van der Waals surface area contributed by atoms with Crippen LogP contribution in [0.25, 0.3) is 28.0 Å². The van der Waals surface area contributed by atoms with Crippen LogP contribution in [0.15, 0.2) is 72.9 Å². The third-order valence-electron chi connectivity index (χ3n) is 6.60. The molecule has 190 valence electrons. The Bertz CT molecular complexity index is 1400. The van der Waals surface area contributed by atoms with Crippen molar-refractivity contribution >= 4 is 17.2 Å². The molecule has 9 nitrogen and oxygen atoms in total. The fourth-order valence-corrected chi connectivity index (χ4v) is 4.63. The van der Waals surface area contributed by atoms with E-state index in [9.17, 15) is 14.9 Å². The molecule has 1 aliphatic heterocycles. The zero-order valence-corrected chi connectivity index (χ0v) is 20.5. The summed E-state index contributed by atoms with van der Waals surface area (Å²) in [4.78, 5) is 30.7. The molecule has 37 heavy (non-hydrogen) atoms. The summed E-state index contributed by atoms with van der Waals surface area (Å²) >= 11 is 0. The molecule has 2 aromatic heterocycles. The van der Waals surface area contributed by atoms with Gasteiger partial charge in [-0.05, 0) is 29.7 Å². The Hall–Kier alpha value is -4.08. The van der Waals surface area contributed by atoms with E-state index in [4.69, 9.17) is 9.72 Å². The predicted octanol–water partition coefficient (Wildman–Crippen LogP) is 3.96. The Morgan fingerprint density at radius 3 is 2.57 bits per heavy atom. The van der Waals surface area contributed by atoms with E-state index in [1.54, 1.807) is 12.1 Å². The highest BCUT2D eigenvalue weighted by Crippen LogP contribution is 2.29. The molecule has 4 aromatic rings. The second-order valence-electron chi connectivity index (χ2n) is 9.03. The molecule has 1 amide bonds. The lowest BCUT2D eigenvalue weighted by atomic mass is 10.1. The Kier molecular flexibility index (Phi) is 7.53. The Balaban J connectivity index is 1.39. The van der Waals surface area contributed by atoms with Gasteiger partial charge in [0.25, 0.3) is 5.69 Å². The minimum Gasteiger partial charge on any atom is -0.379 e. The van der Waals surface area contributed by atoms with Crippen molar-refractivity contribution in [1.29, 1.82) is 0 Å². The summed E-state index contributed by atoms with van der Waals surface area (Å²) in [5.41, 5.74) is 5.13. The van der Waals surface area contributed by atoms with Crippen LogP contribution in [0.5, 0.6) is 0 Å². The van der Waals surface area contributed by atoms with Crippen molar-refractivity contribution < 1.29 is 14.5 Å². The summed E-state index contributed by atoms with van der Waals surface area (Å²) in [5.74, 6) is -0.00272. The molecule has 0 atom stereocenters. The number of aryl methyl sites for hydroxylation is 1. The van der Waals surface area contributed by atoms with Gasteiger partial charge in [0.05, 0.1) is 29.5 Å². The summed E-state index contributed by atoms with van der Waals surface area (Å²) < 4.78 is 7.37. The van der Waals surface area contributed by atoms with Gasteiger partial charge in [0.1, 0.15) is 5.65 Å². The average molecular weight is 500 g/mol. The first-order chi connectivity index (χ1) is 18.1. The molecule has 0 aliphatic carbocycles. The number of imidazole rings is 1. The monoisotopic (exact) mass is 499 g/mol. The molecule has 1 aliphatic rings. The van der Waals surface area contributed by atoms with Crippen LogP contribution in [0.3, 0.4) is 0 Å². The van der Waals surface area contributed by atoms with Gasteiger partial charge in [0, 0.05) is 56.5 Å². The zero-order valence-electron chi connectivity index (χ0n) is 20.5. The Morgan fingerprint density at radius 2 is 1.78 bits per heavy atom. The fourth-order valence-electron chi connectivity index (χ4n) is 4.63. The molecule has 5 rings (SSSR count). The van der Waals surface area contributed by atoms with Gasteiger partial charge in [0.2, 0.25) is 5.91 Å². The second kappa shape index (κ2) is 11.3. The topological polar surface area (TPSA) is 102 Å². The number of carbonyl (C=O) groups excluding carboxylic acids is 1. The summed E-state index contributed by atoms with van der Waals surface area (Å²) in [6, 6.07) is 20.3. The smallest absolute Gasteiger partial charge is 0.270 e. The highest BCUT2D eigenvalue weighted by atomic mass is 16.6. The number of pyridine rings is 1. The quantitative estimate of drug-likeness (QED) is 0.276. The number of rotatable bonds is 9. The summed E-state index contributed by atoms with van der Waals surface area (Å²) in [6.45, 7) is 4.68. The van der Waals surface area contributed by atoms with E-state index >= 15 is 0 Å². The molecule has 0 saturated carbocycles. The number of nitrogens with one attached hydrogen (secondary N) is 1. The van der Waals surface area contributed by atoms with E-state index in [2.05, 4.69) is 10.2 Å². The number of hydrogen-bond donors (Lipinski definition) is 1. The van der Waals surface area contributed by atoms with Crippen molar-refractivity contribution in [1.82, 2.24) is 19.6 Å². The van der Waals surface area contributed by atoms with Gasteiger partial charge in [-0.3, -0.25) is 19.8 Å². The van der Waals surface area contributed by atoms with E-state index in [1.165, 1.54) is 6.07 Å². The number of amides is 1. The van der Waals surface area contributed by atoms with Crippen molar-refractivity contribution in [2.24, 2.45) is 0 Å². The van der Waals surface area contributed by atoms with Crippen LogP contribution in [-0.4, -0.2) is 64.5 Å². The SMILES string of the molecule is O=C(CCc1c(-c2ccccc2)nc2ccc(-c3cccc([N+](=O)[O-])c3)cn12)NCCN1CCOCC1. The van der Waals surface area contributed by atoms with Crippen LogP contribution < -0.4 is 5.32 Å². The number of fused-ring (bicyclic) bond motifs is 1. The van der Waals surface area contributed by atoms with Gasteiger partial charge in [-0.2, -0.15) is 0 Å². The van der Waals surface area contributed by atoms with Crippen LogP contribution in [0, 0.1) is 10.1 Å². The minimum atomic E-state index is -0.393. The number of ether oxygens (including phenoxy) is 1. The number of morpholine rings is 1. The fraction of sp³-hybridized carbons (Fsp3) is 0.286. The number of nitro groups is 1. The lowest BCUT2D eigenvalue weighted by Gasteiger charge is -2.26. The standard InChI is InChI=1S/C28H29N5O4/c34-27(29-13-14-31-15-17-37-18-16-31)12-10-25-28(21-5-2-1-3-6-21)30-26-11-9-23(20-32(25)26)22-7-4-8-24(19-22)33(35)36/h1-9,11,19-20H,10,12-18H2,(H,29,34). The molecular weight excluding hydrogens is 470 g/mol. The van der Waals surface area contributed by atoms with E-state index < -0.39 is 4.92 Å². The van der Waals surface area contributed by atoms with Crippen LogP contribution in [-0.2, 0) is 16.0 Å². The first kappa shape index (κ1) is 24.6. The van der Waals surface area contributed by atoms with Crippen molar-refractivity contribution in [3.63, 3.8) is 0 Å². The highest BCUT2D eigenvalue weighted by Gasteiger charge is 2.17. The molecule has 9 heteroatoms. The summed E-state index contributed by atoms with van der Waals surface area (Å²) in [5, 5.41) is 14.3. The Morgan fingerprint density at radius 1 is 1.00 bits per heavy atom. The van der Waals surface area contributed by atoms with Crippen molar-refractivity contribution in [2.75, 3.05) is 39.4 Å². The Labute approximate surface area is 214 Å². The molecule has 1 fully saturated rings. The number of aromatic nitrogens is 2. The maximum absolute atomic E-state index is 12.7. The molecule has 0 radical (unpaired) electrons. The van der Waals surface area contributed by atoms with Crippen LogP contribution in [0.4, 0.5) is 5.69 Å². The highest BCUT2D eigenvalue weighted by molar-refractivity contribution is 5.77. The molecule has 3 heterocycles. The van der Waals surface area contributed by atoms with Gasteiger partial charge in [-0.15, -0.1) is 0 Å². The van der Waals surface area contributed by atoms with Crippen molar-refractivity contribution in [2.45, 2.75) is 12.8 Å². The molecule has 0 spiro atoms. The number of carbonyl (C=O) groups is 1. The predicted molar refractivity (Wildman–Crippen MR) is 141 cm³/mol. The number of non-ortho nitro benzene ring substituents is 1. The first-order valence-corrected chi connectivity index (χ1v) is 12.5. The molecular formula is C28H29N5O4. The molecule has 0 bridgehead atoms. The van der Waals surface area contributed by atoms with Gasteiger partial charge in [-0.1, -0.05) is 42.5 Å². The summed E-state index contributed by atoms with van der Waals surface area (Å²) in [6.07, 6.45) is 2.78. The van der Waals surface area contributed by atoms with E-state index in [0.717, 1.165) is 66.6 Å². The van der Waals surface area contributed by atoms with Gasteiger partial charge < -0.3 is 14.5 Å². The number of nitro benzene ring substituents is 1. The molecule has 2 aromatic carbocycles. The third-order valence-corrected chi connectivity index (χ3v) is 6.60. The number of nitrogens with zero attached hydrogens (tertiary/aromatic N) is 4. The molecule has 1 N–H and O–H groups in total. The van der Waals surface area contributed by atoms with E-state index in [0.29, 0.717) is 19.4 Å². The van der Waals surface area contributed by atoms with Gasteiger partial charge in [0.15, 0.2) is 0 Å². The lowest BCUT2D eigenvalue weighted by molar-refractivity contribution is -0.384. The van der Waals surface area contributed by atoms with Gasteiger partial charge in [-0.25, -0.2) is 4.98 Å². The summed E-state index contributed by atoms with van der Waals surface area (Å²) in [7, 11) is 0. The van der Waals surface area contributed by atoms with Crippen molar-refractivity contribution in [3.8, 4) is 22.4 Å².